The van der Waals surface area contributed by atoms with E-state index in [4.69, 9.17) is 0 Å². The number of hydrogen-bond donors (Lipinski definition) is 1. The van der Waals surface area contributed by atoms with Crippen molar-refractivity contribution in [3.05, 3.63) is 59.9 Å². The summed E-state index contributed by atoms with van der Waals surface area (Å²) in [5.74, 6) is 0.501. The van der Waals surface area contributed by atoms with E-state index in [9.17, 15) is 4.79 Å². The van der Waals surface area contributed by atoms with Gasteiger partial charge in [-0.1, -0.05) is 19.4 Å². The van der Waals surface area contributed by atoms with Crippen molar-refractivity contribution in [2.24, 2.45) is 0 Å². The van der Waals surface area contributed by atoms with E-state index < -0.39 is 0 Å². The summed E-state index contributed by atoms with van der Waals surface area (Å²) >= 11 is 0. The van der Waals surface area contributed by atoms with E-state index in [1.165, 1.54) is 0 Å². The van der Waals surface area contributed by atoms with Crippen LogP contribution in [0.2, 0.25) is 0 Å². The van der Waals surface area contributed by atoms with Gasteiger partial charge < -0.3 is 5.32 Å². The lowest BCUT2D eigenvalue weighted by molar-refractivity contribution is 0.0934. The molecule has 4 rings (SSSR count). The Labute approximate surface area is 149 Å². The molecule has 8 heteroatoms. The first-order chi connectivity index (χ1) is 12.7. The van der Waals surface area contributed by atoms with Crippen molar-refractivity contribution in [2.75, 3.05) is 0 Å². The van der Waals surface area contributed by atoms with Gasteiger partial charge in [0.05, 0.1) is 12.2 Å². The molecule has 4 aromatic heterocycles. The summed E-state index contributed by atoms with van der Waals surface area (Å²) in [6, 6.07) is 7.32. The maximum Gasteiger partial charge on any atom is 0.257 e. The quantitative estimate of drug-likeness (QED) is 0.597. The fraction of sp³-hybridized carbons (Fsp3) is 0.278. The highest BCUT2D eigenvalue weighted by Crippen LogP contribution is 2.19. The van der Waals surface area contributed by atoms with Crippen molar-refractivity contribution in [1.82, 2.24) is 34.5 Å². The smallest absolute Gasteiger partial charge is 0.257 e. The maximum absolute atomic E-state index is 12.9. The zero-order valence-electron chi connectivity index (χ0n) is 14.6. The minimum Gasteiger partial charge on any atom is -0.342 e. The van der Waals surface area contributed by atoms with Crippen LogP contribution >= 0.6 is 0 Å². The Morgan fingerprint density at radius 1 is 1.23 bits per heavy atom. The van der Waals surface area contributed by atoms with Gasteiger partial charge in [-0.25, -0.2) is 9.50 Å². The molecule has 0 spiro atoms. The van der Waals surface area contributed by atoms with Crippen molar-refractivity contribution >= 4 is 17.2 Å². The Bertz CT molecular complexity index is 1080. The van der Waals surface area contributed by atoms with Gasteiger partial charge >= 0.3 is 0 Å². The predicted octanol–water partition coefficient (Wildman–Crippen LogP) is 2.35. The molecule has 1 unspecified atom stereocenters. The van der Waals surface area contributed by atoms with Gasteiger partial charge in [-0.2, -0.15) is 5.10 Å². The number of nitrogens with zero attached hydrogens (tertiary/aromatic N) is 6. The van der Waals surface area contributed by atoms with E-state index in [0.717, 1.165) is 30.0 Å². The van der Waals surface area contributed by atoms with Crippen molar-refractivity contribution in [3.63, 3.8) is 0 Å². The van der Waals surface area contributed by atoms with Crippen molar-refractivity contribution in [1.29, 1.82) is 0 Å². The van der Waals surface area contributed by atoms with Gasteiger partial charge in [0.2, 0.25) is 0 Å². The van der Waals surface area contributed by atoms with Crippen molar-refractivity contribution < 1.29 is 4.79 Å². The highest BCUT2D eigenvalue weighted by atomic mass is 16.1. The number of nitrogens with one attached hydrogen (secondary N) is 1. The molecule has 0 aromatic carbocycles. The topological polar surface area (TPSA) is 89.5 Å². The van der Waals surface area contributed by atoms with E-state index in [-0.39, 0.29) is 11.9 Å². The van der Waals surface area contributed by atoms with Crippen LogP contribution in [0.15, 0.2) is 42.9 Å². The van der Waals surface area contributed by atoms with Crippen LogP contribution in [0, 0.1) is 6.92 Å². The zero-order chi connectivity index (χ0) is 18.1. The average molecular weight is 349 g/mol. The minimum atomic E-state index is -0.246. The SMILES string of the molecule is CCCC(NC(=O)c1cnn2ccc(C)nc12)c1nnc2ccccn12. The Morgan fingerprint density at radius 3 is 2.96 bits per heavy atom. The fourth-order valence-electron chi connectivity index (χ4n) is 3.01. The first-order valence-corrected chi connectivity index (χ1v) is 8.59. The van der Waals surface area contributed by atoms with Crippen LogP contribution in [0.3, 0.4) is 0 Å². The maximum atomic E-state index is 12.9. The molecule has 0 aliphatic heterocycles. The van der Waals surface area contributed by atoms with Crippen LogP contribution in [0.1, 0.15) is 47.7 Å². The summed E-state index contributed by atoms with van der Waals surface area (Å²) in [4.78, 5) is 17.3. The molecule has 0 saturated carbocycles. The van der Waals surface area contributed by atoms with Crippen LogP contribution in [0.25, 0.3) is 11.3 Å². The summed E-state index contributed by atoms with van der Waals surface area (Å²) in [5.41, 5.74) is 2.58. The summed E-state index contributed by atoms with van der Waals surface area (Å²) in [7, 11) is 0. The number of hydrogen-bond acceptors (Lipinski definition) is 5. The monoisotopic (exact) mass is 349 g/mol. The lowest BCUT2D eigenvalue weighted by atomic mass is 10.1. The Balaban J connectivity index is 1.68. The highest BCUT2D eigenvalue weighted by Gasteiger charge is 2.22. The highest BCUT2D eigenvalue weighted by molar-refractivity contribution is 5.99. The van der Waals surface area contributed by atoms with Crippen LogP contribution in [-0.2, 0) is 0 Å². The van der Waals surface area contributed by atoms with E-state index in [2.05, 4.69) is 32.5 Å². The normalized spacial score (nSPS) is 12.5. The lowest BCUT2D eigenvalue weighted by Crippen LogP contribution is -2.30. The van der Waals surface area contributed by atoms with Crippen LogP contribution in [0.4, 0.5) is 0 Å². The summed E-state index contributed by atoms with van der Waals surface area (Å²) in [6.45, 7) is 3.96. The van der Waals surface area contributed by atoms with Gasteiger partial charge in [-0.05, 0) is 31.5 Å². The number of carbonyl (C=O) groups is 1. The van der Waals surface area contributed by atoms with E-state index in [1.807, 2.05) is 41.8 Å². The first-order valence-electron chi connectivity index (χ1n) is 8.59. The van der Waals surface area contributed by atoms with Crippen molar-refractivity contribution in [2.45, 2.75) is 32.7 Å². The van der Waals surface area contributed by atoms with E-state index in [0.29, 0.717) is 11.2 Å². The molecule has 1 atom stereocenters. The zero-order valence-corrected chi connectivity index (χ0v) is 14.6. The Kier molecular flexibility index (Phi) is 4.08. The predicted molar refractivity (Wildman–Crippen MR) is 95.8 cm³/mol. The third-order valence-electron chi connectivity index (χ3n) is 4.29. The molecular weight excluding hydrogens is 330 g/mol. The number of carbonyl (C=O) groups excluding carboxylic acids is 1. The number of pyridine rings is 1. The first kappa shape index (κ1) is 16.2. The number of fused-ring (bicyclic) bond motifs is 2. The van der Waals surface area contributed by atoms with Gasteiger partial charge in [0.1, 0.15) is 5.56 Å². The third kappa shape index (κ3) is 2.79. The molecule has 132 valence electrons. The molecule has 0 bridgehead atoms. The van der Waals surface area contributed by atoms with E-state index >= 15 is 0 Å². The standard InChI is InChI=1S/C18H19N7O/c1-3-6-14(17-23-22-15-7-4-5-9-24(15)17)21-18(26)13-11-19-25-10-8-12(2)20-16(13)25/h4-5,7-11,14H,3,6H2,1-2H3,(H,21,26). The molecule has 4 aromatic rings. The Morgan fingerprint density at radius 2 is 2.12 bits per heavy atom. The number of rotatable bonds is 5. The fourth-order valence-corrected chi connectivity index (χ4v) is 3.01. The van der Waals surface area contributed by atoms with Gasteiger partial charge in [0.25, 0.3) is 5.91 Å². The second-order valence-electron chi connectivity index (χ2n) is 6.20. The van der Waals surface area contributed by atoms with Gasteiger partial charge in [0, 0.05) is 18.1 Å². The van der Waals surface area contributed by atoms with Gasteiger partial charge in [0.15, 0.2) is 17.1 Å². The molecule has 8 nitrogen and oxygen atoms in total. The van der Waals surface area contributed by atoms with Gasteiger partial charge in [-0.3, -0.25) is 9.20 Å². The molecule has 26 heavy (non-hydrogen) atoms. The second-order valence-corrected chi connectivity index (χ2v) is 6.20. The largest absolute Gasteiger partial charge is 0.342 e. The molecule has 0 fully saturated rings. The molecule has 0 radical (unpaired) electrons. The third-order valence-corrected chi connectivity index (χ3v) is 4.29. The summed E-state index contributed by atoms with van der Waals surface area (Å²) in [5, 5.41) is 15.8. The molecule has 4 heterocycles. The minimum absolute atomic E-state index is 0.218. The average Bonchev–Trinajstić information content (AvgIpc) is 3.25. The molecule has 0 aliphatic rings. The molecule has 0 saturated heterocycles. The molecular formula is C18H19N7O. The number of aromatic nitrogens is 6. The van der Waals surface area contributed by atoms with Crippen LogP contribution in [0.5, 0.6) is 0 Å². The number of amides is 1. The second kappa shape index (κ2) is 6.55. The van der Waals surface area contributed by atoms with Crippen LogP contribution < -0.4 is 5.32 Å². The number of aryl methyl sites for hydroxylation is 1. The molecule has 1 N–H and O–H groups in total. The summed E-state index contributed by atoms with van der Waals surface area (Å²) < 4.78 is 3.50. The van der Waals surface area contributed by atoms with E-state index in [1.54, 1.807) is 16.9 Å². The van der Waals surface area contributed by atoms with Gasteiger partial charge in [-0.15, -0.1) is 10.2 Å². The lowest BCUT2D eigenvalue weighted by Gasteiger charge is -2.16. The molecule has 1 amide bonds. The van der Waals surface area contributed by atoms with Crippen molar-refractivity contribution in [3.8, 4) is 0 Å². The Hall–Kier alpha value is -3.29. The van der Waals surface area contributed by atoms with Crippen LogP contribution in [-0.4, -0.2) is 35.1 Å². The molecule has 0 aliphatic carbocycles. The summed E-state index contributed by atoms with van der Waals surface area (Å²) in [6.07, 6.45) is 6.90.